The highest BCUT2D eigenvalue weighted by Gasteiger charge is 2.19. The van der Waals surface area contributed by atoms with Crippen LogP contribution in [0.15, 0.2) is 48.7 Å². The summed E-state index contributed by atoms with van der Waals surface area (Å²) in [6.45, 7) is 5.28. The summed E-state index contributed by atoms with van der Waals surface area (Å²) in [5, 5.41) is 19.3. The molecule has 9 heteroatoms. The fourth-order valence-electron chi connectivity index (χ4n) is 3.44. The van der Waals surface area contributed by atoms with Crippen LogP contribution in [-0.4, -0.2) is 51.3 Å². The number of non-ortho nitro benzene ring substituents is 1. The van der Waals surface area contributed by atoms with Crippen LogP contribution in [0.5, 0.6) is 0 Å². The number of hydrogen-bond acceptors (Lipinski definition) is 8. The standard InChI is InChI=1S/C20H21N7O2/c1-15-13-19(23-20(22-15)16-5-2-6-17(14-16)27(28)29)26-10-4-9-25(11-12-26)18-7-3-8-21-24-18/h2-3,5-8,13-14H,4,9-12H2,1H3. The molecule has 0 unspecified atom stereocenters. The number of nitro benzene ring substituents is 1. The Balaban J connectivity index is 1.58. The normalized spacial score (nSPS) is 14.5. The first kappa shape index (κ1) is 18.7. The monoisotopic (exact) mass is 391 g/mol. The van der Waals surface area contributed by atoms with Crippen LogP contribution in [0.25, 0.3) is 11.4 Å². The molecule has 0 atom stereocenters. The molecular formula is C20H21N7O2. The first-order valence-electron chi connectivity index (χ1n) is 9.48. The molecule has 4 rings (SSSR count). The third-order valence-electron chi connectivity index (χ3n) is 4.86. The largest absolute Gasteiger partial charge is 0.355 e. The topological polar surface area (TPSA) is 101 Å². The number of aromatic nitrogens is 4. The van der Waals surface area contributed by atoms with Gasteiger partial charge < -0.3 is 9.80 Å². The first-order chi connectivity index (χ1) is 14.1. The maximum Gasteiger partial charge on any atom is 0.270 e. The summed E-state index contributed by atoms with van der Waals surface area (Å²) in [4.78, 5) is 24.3. The van der Waals surface area contributed by atoms with Crippen molar-refractivity contribution in [1.82, 2.24) is 20.2 Å². The van der Waals surface area contributed by atoms with Crippen molar-refractivity contribution in [3.05, 3.63) is 64.5 Å². The van der Waals surface area contributed by atoms with Crippen molar-refractivity contribution in [2.75, 3.05) is 36.0 Å². The lowest BCUT2D eigenvalue weighted by atomic mass is 10.2. The molecule has 29 heavy (non-hydrogen) atoms. The van der Waals surface area contributed by atoms with Gasteiger partial charge in [-0.1, -0.05) is 12.1 Å². The second-order valence-electron chi connectivity index (χ2n) is 6.91. The molecule has 1 aliphatic heterocycles. The molecule has 3 heterocycles. The highest BCUT2D eigenvalue weighted by molar-refractivity contribution is 5.61. The van der Waals surface area contributed by atoms with Crippen LogP contribution in [0.3, 0.4) is 0 Å². The first-order valence-corrected chi connectivity index (χ1v) is 9.48. The molecule has 9 nitrogen and oxygen atoms in total. The summed E-state index contributed by atoms with van der Waals surface area (Å²) in [6, 6.07) is 12.3. The van der Waals surface area contributed by atoms with Crippen LogP contribution in [0.1, 0.15) is 12.1 Å². The second-order valence-corrected chi connectivity index (χ2v) is 6.91. The van der Waals surface area contributed by atoms with E-state index < -0.39 is 4.92 Å². The van der Waals surface area contributed by atoms with Gasteiger partial charge in [0.25, 0.3) is 5.69 Å². The van der Waals surface area contributed by atoms with E-state index in [9.17, 15) is 10.1 Å². The second kappa shape index (κ2) is 8.17. The van der Waals surface area contributed by atoms with Crippen molar-refractivity contribution >= 4 is 17.3 Å². The fourth-order valence-corrected chi connectivity index (χ4v) is 3.44. The molecule has 0 bridgehead atoms. The number of benzene rings is 1. The lowest BCUT2D eigenvalue weighted by Gasteiger charge is -2.23. The van der Waals surface area contributed by atoms with Crippen molar-refractivity contribution in [1.29, 1.82) is 0 Å². The van der Waals surface area contributed by atoms with Crippen LogP contribution in [0.2, 0.25) is 0 Å². The Bertz CT molecular complexity index is 1010. The molecule has 2 aromatic heterocycles. The summed E-state index contributed by atoms with van der Waals surface area (Å²) in [6.07, 6.45) is 2.64. The molecule has 3 aromatic rings. The van der Waals surface area contributed by atoms with E-state index in [4.69, 9.17) is 4.98 Å². The molecule has 1 saturated heterocycles. The van der Waals surface area contributed by atoms with Crippen LogP contribution in [0, 0.1) is 17.0 Å². The predicted octanol–water partition coefficient (Wildman–Crippen LogP) is 2.87. The molecule has 1 aliphatic rings. The summed E-state index contributed by atoms with van der Waals surface area (Å²) in [5.74, 6) is 2.21. The summed E-state index contributed by atoms with van der Waals surface area (Å²) in [5.41, 5.74) is 1.50. The molecule has 1 aromatic carbocycles. The van der Waals surface area contributed by atoms with Gasteiger partial charge in [-0.2, -0.15) is 5.10 Å². The van der Waals surface area contributed by atoms with Gasteiger partial charge in [0.2, 0.25) is 0 Å². The molecule has 0 saturated carbocycles. The molecule has 0 N–H and O–H groups in total. The average Bonchev–Trinajstić information content (AvgIpc) is 3.00. The van der Waals surface area contributed by atoms with E-state index in [1.807, 2.05) is 25.1 Å². The number of nitrogens with zero attached hydrogens (tertiary/aromatic N) is 7. The van der Waals surface area contributed by atoms with Gasteiger partial charge >= 0.3 is 0 Å². The molecule has 0 amide bonds. The van der Waals surface area contributed by atoms with E-state index in [-0.39, 0.29) is 5.69 Å². The molecule has 1 fully saturated rings. The number of rotatable bonds is 4. The SMILES string of the molecule is Cc1cc(N2CCCN(c3cccnn3)CC2)nc(-c2cccc([N+](=O)[O-])c2)n1. The zero-order valence-corrected chi connectivity index (χ0v) is 16.1. The third-order valence-corrected chi connectivity index (χ3v) is 4.86. The molecule has 0 spiro atoms. The Morgan fingerprint density at radius 1 is 0.966 bits per heavy atom. The Morgan fingerprint density at radius 2 is 1.76 bits per heavy atom. The Morgan fingerprint density at radius 3 is 2.48 bits per heavy atom. The third kappa shape index (κ3) is 4.29. The Kier molecular flexibility index (Phi) is 5.28. The van der Waals surface area contributed by atoms with E-state index in [0.29, 0.717) is 11.4 Å². The van der Waals surface area contributed by atoms with Crippen molar-refractivity contribution in [2.24, 2.45) is 0 Å². The predicted molar refractivity (Wildman–Crippen MR) is 110 cm³/mol. The highest BCUT2D eigenvalue weighted by Crippen LogP contribution is 2.24. The Labute approximate surface area is 168 Å². The maximum absolute atomic E-state index is 11.1. The number of aryl methyl sites for hydroxylation is 1. The van der Waals surface area contributed by atoms with Crippen LogP contribution < -0.4 is 9.80 Å². The number of nitro groups is 1. The van der Waals surface area contributed by atoms with Gasteiger partial charge in [-0.05, 0) is 25.5 Å². The van der Waals surface area contributed by atoms with E-state index in [1.165, 1.54) is 12.1 Å². The van der Waals surface area contributed by atoms with Gasteiger partial charge in [-0.15, -0.1) is 5.10 Å². The maximum atomic E-state index is 11.1. The number of anilines is 2. The van der Waals surface area contributed by atoms with E-state index in [1.54, 1.807) is 18.3 Å². The van der Waals surface area contributed by atoms with Gasteiger partial charge in [0.05, 0.1) is 4.92 Å². The molecular weight excluding hydrogens is 370 g/mol. The summed E-state index contributed by atoms with van der Waals surface area (Å²) in [7, 11) is 0. The minimum Gasteiger partial charge on any atom is -0.355 e. The van der Waals surface area contributed by atoms with Gasteiger partial charge in [0, 0.05) is 61.8 Å². The average molecular weight is 391 g/mol. The zero-order valence-electron chi connectivity index (χ0n) is 16.1. The van der Waals surface area contributed by atoms with Crippen molar-refractivity contribution in [3.63, 3.8) is 0 Å². The van der Waals surface area contributed by atoms with E-state index in [0.717, 1.165) is 49.9 Å². The van der Waals surface area contributed by atoms with Crippen LogP contribution >= 0.6 is 0 Å². The number of hydrogen-bond donors (Lipinski definition) is 0. The minimum atomic E-state index is -0.407. The van der Waals surface area contributed by atoms with E-state index >= 15 is 0 Å². The van der Waals surface area contributed by atoms with Gasteiger partial charge in [-0.25, -0.2) is 9.97 Å². The van der Waals surface area contributed by atoms with Crippen molar-refractivity contribution in [2.45, 2.75) is 13.3 Å². The molecule has 148 valence electrons. The highest BCUT2D eigenvalue weighted by atomic mass is 16.6. The molecule has 0 aliphatic carbocycles. The smallest absolute Gasteiger partial charge is 0.270 e. The quantitative estimate of drug-likeness (QED) is 0.494. The summed E-state index contributed by atoms with van der Waals surface area (Å²) < 4.78 is 0. The van der Waals surface area contributed by atoms with Gasteiger partial charge in [0.1, 0.15) is 5.82 Å². The van der Waals surface area contributed by atoms with Gasteiger partial charge in [-0.3, -0.25) is 10.1 Å². The van der Waals surface area contributed by atoms with Crippen LogP contribution in [-0.2, 0) is 0 Å². The lowest BCUT2D eigenvalue weighted by molar-refractivity contribution is -0.384. The Hall–Kier alpha value is -3.62. The molecule has 0 radical (unpaired) electrons. The zero-order chi connectivity index (χ0) is 20.2. The lowest BCUT2D eigenvalue weighted by Crippen LogP contribution is -2.31. The summed E-state index contributed by atoms with van der Waals surface area (Å²) >= 11 is 0. The minimum absolute atomic E-state index is 0.0311. The van der Waals surface area contributed by atoms with Crippen molar-refractivity contribution < 1.29 is 4.92 Å². The fraction of sp³-hybridized carbons (Fsp3) is 0.300. The van der Waals surface area contributed by atoms with Crippen LogP contribution in [0.4, 0.5) is 17.3 Å². The van der Waals surface area contributed by atoms with Crippen molar-refractivity contribution in [3.8, 4) is 11.4 Å². The van der Waals surface area contributed by atoms with Gasteiger partial charge in [0.15, 0.2) is 11.6 Å². The van der Waals surface area contributed by atoms with E-state index in [2.05, 4.69) is 25.0 Å².